The van der Waals surface area contributed by atoms with Crippen molar-refractivity contribution in [1.29, 1.82) is 0 Å². The molecule has 5 rings (SSSR count). The van der Waals surface area contributed by atoms with Crippen LogP contribution in [0.15, 0.2) is 43.0 Å². The number of nitrogens with one attached hydrogen (secondary N) is 1. The lowest BCUT2D eigenvalue weighted by Crippen LogP contribution is -2.60. The number of carbonyl (C=O) groups is 1. The van der Waals surface area contributed by atoms with Crippen LogP contribution < -0.4 is 5.32 Å². The molecule has 0 radical (unpaired) electrons. The highest BCUT2D eigenvalue weighted by molar-refractivity contribution is 7.85. The molecule has 2 aromatic heterocycles. The summed E-state index contributed by atoms with van der Waals surface area (Å²) in [7, 11) is -2.00. The van der Waals surface area contributed by atoms with Gasteiger partial charge in [0.25, 0.3) is 16.0 Å². The van der Waals surface area contributed by atoms with Gasteiger partial charge in [-0.1, -0.05) is 31.5 Å². The number of likely N-dealkylation sites (N-methyl/N-ethyl adjacent to an activating group) is 1. The number of aromatic nitrogens is 4. The summed E-state index contributed by atoms with van der Waals surface area (Å²) in [5, 5.41) is 4.38. The highest BCUT2D eigenvalue weighted by Crippen LogP contribution is 2.46. The number of benzene rings is 1. The average Bonchev–Trinajstić information content (AvgIpc) is 3.39. The topological polar surface area (TPSA) is 147 Å². The number of hydrogen-bond acceptors (Lipinski definition) is 11. The molecule has 1 unspecified atom stereocenters. The molecular weight excluding hydrogens is 516 g/mol. The summed E-state index contributed by atoms with van der Waals surface area (Å²) in [6.45, 7) is 2.47. The Bertz CT molecular complexity index is 1400. The van der Waals surface area contributed by atoms with Gasteiger partial charge in [0.15, 0.2) is 29.3 Å². The lowest BCUT2D eigenvalue weighted by atomic mass is 9.94. The lowest BCUT2D eigenvalue weighted by molar-refractivity contribution is -0.265. The minimum atomic E-state index is -3.74. The standard InChI is InChI=1S/C24H30N6O7S/c1-4-5-11-34-19-18-23(36-24(19,12-29(2)37-18)13-35-38(3,32)33)30-15-27-17-20(25-14-26-21(17)30)28-22(31)16-9-7-6-8-10-16/h6-10,14-15,18-19,23H,4-5,11-13H2,1-3H3,(H,25,26,28,31)/t18-,19?,23+,24+/m0/s1. The van der Waals surface area contributed by atoms with E-state index in [2.05, 4.69) is 27.2 Å². The van der Waals surface area contributed by atoms with Crippen molar-refractivity contribution < 1.29 is 31.7 Å². The van der Waals surface area contributed by atoms with Crippen LogP contribution in [0.2, 0.25) is 0 Å². The van der Waals surface area contributed by atoms with E-state index in [1.807, 2.05) is 6.07 Å². The van der Waals surface area contributed by atoms with Gasteiger partial charge in [0.1, 0.15) is 18.0 Å². The van der Waals surface area contributed by atoms with Gasteiger partial charge in [-0.2, -0.15) is 13.5 Å². The zero-order valence-corrected chi connectivity index (χ0v) is 22.1. The van der Waals surface area contributed by atoms with E-state index in [9.17, 15) is 13.2 Å². The third-order valence-corrected chi connectivity index (χ3v) is 7.00. The van der Waals surface area contributed by atoms with E-state index in [4.69, 9.17) is 18.5 Å². The van der Waals surface area contributed by atoms with E-state index in [0.29, 0.717) is 23.3 Å². The number of hydroxylamine groups is 2. The van der Waals surface area contributed by atoms with Gasteiger partial charge in [-0.3, -0.25) is 18.4 Å². The molecule has 1 amide bonds. The molecule has 14 heteroatoms. The number of fused-ring (bicyclic) bond motifs is 3. The average molecular weight is 547 g/mol. The van der Waals surface area contributed by atoms with Crippen molar-refractivity contribution in [2.45, 2.75) is 43.8 Å². The quantitative estimate of drug-likeness (QED) is 0.293. The maximum absolute atomic E-state index is 12.7. The summed E-state index contributed by atoms with van der Waals surface area (Å²) in [4.78, 5) is 31.9. The summed E-state index contributed by atoms with van der Waals surface area (Å²) >= 11 is 0. The van der Waals surface area contributed by atoms with Crippen LogP contribution in [0.5, 0.6) is 0 Å². The van der Waals surface area contributed by atoms with Crippen LogP contribution in [-0.4, -0.2) is 89.8 Å². The fraction of sp³-hybridized carbons (Fsp3) is 0.500. The van der Waals surface area contributed by atoms with Crippen molar-refractivity contribution in [3.8, 4) is 0 Å². The zero-order valence-electron chi connectivity index (χ0n) is 21.3. The highest BCUT2D eigenvalue weighted by Gasteiger charge is 2.62. The number of unbranched alkanes of at least 4 members (excludes halogenated alkanes) is 1. The molecule has 2 bridgehead atoms. The van der Waals surface area contributed by atoms with E-state index in [1.54, 1.807) is 40.9 Å². The maximum atomic E-state index is 12.7. The number of rotatable bonds is 10. The predicted octanol–water partition coefficient (Wildman–Crippen LogP) is 1.75. The summed E-state index contributed by atoms with van der Waals surface area (Å²) in [6, 6.07) is 8.76. The van der Waals surface area contributed by atoms with Crippen molar-refractivity contribution in [1.82, 2.24) is 24.6 Å². The van der Waals surface area contributed by atoms with Crippen LogP contribution in [0.1, 0.15) is 36.4 Å². The second-order valence-corrected chi connectivity index (χ2v) is 11.1. The Morgan fingerprint density at radius 3 is 2.76 bits per heavy atom. The Morgan fingerprint density at radius 2 is 2.03 bits per heavy atom. The summed E-state index contributed by atoms with van der Waals surface area (Å²) in [6.07, 6.45) is 3.56. The van der Waals surface area contributed by atoms with E-state index < -0.39 is 34.2 Å². The van der Waals surface area contributed by atoms with E-state index in [1.165, 1.54) is 12.7 Å². The Hall–Kier alpha value is -3.01. The van der Waals surface area contributed by atoms with Crippen molar-refractivity contribution >= 4 is 33.0 Å². The third-order valence-electron chi connectivity index (χ3n) is 6.46. The second-order valence-electron chi connectivity index (χ2n) is 9.41. The van der Waals surface area contributed by atoms with Gasteiger partial charge in [-0.25, -0.2) is 15.0 Å². The van der Waals surface area contributed by atoms with Crippen LogP contribution in [0.3, 0.4) is 0 Å². The first-order valence-corrected chi connectivity index (χ1v) is 14.1. The number of anilines is 1. The van der Waals surface area contributed by atoms with E-state index in [-0.39, 0.29) is 24.9 Å². The Morgan fingerprint density at radius 1 is 1.24 bits per heavy atom. The van der Waals surface area contributed by atoms with Gasteiger partial charge >= 0.3 is 0 Å². The highest BCUT2D eigenvalue weighted by atomic mass is 32.2. The molecule has 13 nitrogen and oxygen atoms in total. The maximum Gasteiger partial charge on any atom is 0.264 e. The molecule has 4 heterocycles. The number of carbonyl (C=O) groups excluding carboxylic acids is 1. The third kappa shape index (κ3) is 5.28. The van der Waals surface area contributed by atoms with E-state index >= 15 is 0 Å². The molecule has 0 spiro atoms. The summed E-state index contributed by atoms with van der Waals surface area (Å²) in [5.74, 6) is -0.0909. The van der Waals surface area contributed by atoms with Gasteiger partial charge in [0, 0.05) is 19.2 Å². The number of hydrogen-bond donors (Lipinski definition) is 1. The minimum Gasteiger partial charge on any atom is -0.372 e. The molecule has 2 saturated heterocycles. The van der Waals surface area contributed by atoms with Gasteiger partial charge in [-0.05, 0) is 18.6 Å². The first-order valence-electron chi connectivity index (χ1n) is 12.3. The second kappa shape index (κ2) is 10.6. The molecule has 3 aromatic rings. The van der Waals surface area contributed by atoms with Crippen LogP contribution in [0, 0.1) is 0 Å². The summed E-state index contributed by atoms with van der Waals surface area (Å²) < 4.78 is 43.4. The van der Waals surface area contributed by atoms with Crippen LogP contribution >= 0.6 is 0 Å². The van der Waals surface area contributed by atoms with Crippen molar-refractivity contribution in [3.63, 3.8) is 0 Å². The van der Waals surface area contributed by atoms with Crippen LogP contribution in [0.4, 0.5) is 5.82 Å². The molecule has 0 saturated carbocycles. The minimum absolute atomic E-state index is 0.215. The largest absolute Gasteiger partial charge is 0.372 e. The van der Waals surface area contributed by atoms with Gasteiger partial charge in [0.05, 0.1) is 25.7 Å². The monoisotopic (exact) mass is 546 g/mol. The number of ether oxygens (including phenoxy) is 2. The zero-order chi connectivity index (χ0) is 26.9. The molecule has 2 aliphatic heterocycles. The van der Waals surface area contributed by atoms with Gasteiger partial charge in [-0.15, -0.1) is 0 Å². The van der Waals surface area contributed by atoms with Crippen molar-refractivity contribution in [2.24, 2.45) is 0 Å². The SMILES string of the molecule is CCCCOC1[C@@H]2ON(C)C[C@]1(COS(C)(=O)=O)O[C@H]2n1cnc2c(NC(=O)c3ccccc3)ncnc21. The van der Waals surface area contributed by atoms with Gasteiger partial charge in [0.2, 0.25) is 0 Å². The molecule has 4 atom stereocenters. The number of imidazole rings is 1. The van der Waals surface area contributed by atoms with Gasteiger partial charge < -0.3 is 14.8 Å². The van der Waals surface area contributed by atoms with Crippen LogP contribution in [0.25, 0.3) is 11.2 Å². The Labute approximate surface area is 220 Å². The molecule has 38 heavy (non-hydrogen) atoms. The molecule has 204 valence electrons. The smallest absolute Gasteiger partial charge is 0.264 e. The first-order chi connectivity index (χ1) is 18.2. The molecule has 0 aliphatic carbocycles. The molecule has 2 aliphatic rings. The number of amides is 1. The molecule has 2 fully saturated rings. The fourth-order valence-electron chi connectivity index (χ4n) is 4.76. The normalized spacial score (nSPS) is 25.6. The Balaban J connectivity index is 1.48. The first kappa shape index (κ1) is 26.6. The Kier molecular flexibility index (Phi) is 7.44. The summed E-state index contributed by atoms with van der Waals surface area (Å²) in [5.41, 5.74) is 0.106. The molecule has 1 aromatic carbocycles. The fourth-order valence-corrected chi connectivity index (χ4v) is 5.18. The lowest BCUT2D eigenvalue weighted by Gasteiger charge is -2.41. The molecular formula is C24H30N6O7S. The number of nitrogens with zero attached hydrogens (tertiary/aromatic N) is 5. The predicted molar refractivity (Wildman–Crippen MR) is 136 cm³/mol. The van der Waals surface area contributed by atoms with E-state index in [0.717, 1.165) is 19.1 Å². The molecule has 1 N–H and O–H groups in total. The van der Waals surface area contributed by atoms with Crippen molar-refractivity contribution in [2.75, 3.05) is 38.4 Å². The van der Waals surface area contributed by atoms with Crippen LogP contribution in [-0.2, 0) is 28.6 Å². The van der Waals surface area contributed by atoms with Crippen molar-refractivity contribution in [3.05, 3.63) is 48.5 Å².